The first-order valence-corrected chi connectivity index (χ1v) is 9.26. The van der Waals surface area contributed by atoms with Crippen LogP contribution >= 0.6 is 11.3 Å². The van der Waals surface area contributed by atoms with Crippen molar-refractivity contribution in [3.63, 3.8) is 0 Å². The van der Waals surface area contributed by atoms with E-state index < -0.39 is 11.4 Å². The summed E-state index contributed by atoms with van der Waals surface area (Å²) in [4.78, 5) is 25.6. The van der Waals surface area contributed by atoms with Crippen molar-refractivity contribution in [3.8, 4) is 0 Å². The topological polar surface area (TPSA) is 136 Å². The molecule has 0 saturated carbocycles. The molecule has 142 valence electrons. The van der Waals surface area contributed by atoms with E-state index in [2.05, 4.69) is 0 Å². The number of benzene rings is 1. The average Bonchev–Trinajstić information content (AvgIpc) is 2.94. The standard InChI is InChI=1S/C19H22N4O3S/c1-23(22)10-12(20)9-19(11-5-3-2-4-6-11)8-7-13-14(18(25)26)17(21)27-15(13)16(19)24/h2-6,10H,7-9,20-22H2,1H3,(H,25,26)/b12-10-. The van der Waals surface area contributed by atoms with Crippen LogP contribution in [-0.4, -0.2) is 28.9 Å². The Labute approximate surface area is 161 Å². The molecule has 0 spiro atoms. The predicted octanol–water partition coefficient (Wildman–Crippen LogP) is 2.09. The van der Waals surface area contributed by atoms with Gasteiger partial charge in [-0.3, -0.25) is 4.79 Å². The highest BCUT2D eigenvalue weighted by molar-refractivity contribution is 7.18. The van der Waals surface area contributed by atoms with Gasteiger partial charge in [-0.15, -0.1) is 11.3 Å². The summed E-state index contributed by atoms with van der Waals surface area (Å²) in [5, 5.41) is 11.0. The van der Waals surface area contributed by atoms with Crippen molar-refractivity contribution in [3.05, 3.63) is 63.8 Å². The first kappa shape index (κ1) is 18.9. The number of nitrogens with two attached hydrogens (primary N) is 3. The van der Waals surface area contributed by atoms with Gasteiger partial charge in [0.25, 0.3) is 0 Å². The molecule has 0 saturated heterocycles. The monoisotopic (exact) mass is 386 g/mol. The van der Waals surface area contributed by atoms with E-state index in [9.17, 15) is 14.7 Å². The summed E-state index contributed by atoms with van der Waals surface area (Å²) in [7, 11) is 1.65. The van der Waals surface area contributed by atoms with Crippen molar-refractivity contribution in [1.29, 1.82) is 0 Å². The minimum atomic E-state index is -1.10. The second kappa shape index (κ2) is 7.05. The SMILES string of the molecule is CN(N)/C=C(\N)CC1(c2ccccc2)CCc2c(sc(N)c2C(=O)O)C1=O. The van der Waals surface area contributed by atoms with Crippen LogP contribution in [-0.2, 0) is 11.8 Å². The summed E-state index contributed by atoms with van der Waals surface area (Å²) in [5.74, 6) is 4.41. The lowest BCUT2D eigenvalue weighted by Crippen LogP contribution is -2.41. The summed E-state index contributed by atoms with van der Waals surface area (Å²) in [5.41, 5.74) is 13.1. The average molecular weight is 386 g/mol. The highest BCUT2D eigenvalue weighted by atomic mass is 32.1. The number of fused-ring (bicyclic) bond motifs is 1. The van der Waals surface area contributed by atoms with E-state index in [0.29, 0.717) is 29.0 Å². The van der Waals surface area contributed by atoms with Gasteiger partial charge in [-0.25, -0.2) is 10.6 Å². The Morgan fingerprint density at radius 2 is 2.04 bits per heavy atom. The molecular weight excluding hydrogens is 364 g/mol. The fourth-order valence-electron chi connectivity index (χ4n) is 3.77. The number of carbonyl (C=O) groups excluding carboxylic acids is 1. The van der Waals surface area contributed by atoms with E-state index >= 15 is 0 Å². The van der Waals surface area contributed by atoms with Crippen molar-refractivity contribution >= 4 is 28.1 Å². The maximum Gasteiger partial charge on any atom is 0.338 e. The molecule has 1 aliphatic carbocycles. The number of anilines is 1. The second-order valence-electron chi connectivity index (χ2n) is 6.78. The highest BCUT2D eigenvalue weighted by Gasteiger charge is 2.46. The van der Waals surface area contributed by atoms with Crippen molar-refractivity contribution in [2.75, 3.05) is 12.8 Å². The maximum absolute atomic E-state index is 13.6. The molecule has 1 heterocycles. The van der Waals surface area contributed by atoms with Gasteiger partial charge in [0.15, 0.2) is 5.78 Å². The minimum Gasteiger partial charge on any atom is -0.478 e. The minimum absolute atomic E-state index is 0.0511. The number of hydrazine groups is 1. The van der Waals surface area contributed by atoms with E-state index in [1.807, 2.05) is 30.3 Å². The van der Waals surface area contributed by atoms with Gasteiger partial charge in [0, 0.05) is 25.4 Å². The normalized spacial score (nSPS) is 19.6. The van der Waals surface area contributed by atoms with E-state index in [1.54, 1.807) is 13.2 Å². The molecule has 3 rings (SSSR count). The molecule has 1 aromatic carbocycles. The third kappa shape index (κ3) is 3.29. The Bertz CT molecular complexity index is 921. The lowest BCUT2D eigenvalue weighted by Gasteiger charge is -2.36. The predicted molar refractivity (Wildman–Crippen MR) is 105 cm³/mol. The molecule has 7 N–H and O–H groups in total. The number of aromatic carboxylic acids is 1. The maximum atomic E-state index is 13.6. The zero-order valence-electron chi connectivity index (χ0n) is 14.9. The summed E-state index contributed by atoms with van der Waals surface area (Å²) in [6.45, 7) is 0. The molecule has 0 radical (unpaired) electrons. The van der Waals surface area contributed by atoms with Gasteiger partial charge in [0.1, 0.15) is 5.00 Å². The van der Waals surface area contributed by atoms with Crippen molar-refractivity contribution in [2.24, 2.45) is 11.6 Å². The molecule has 7 nitrogen and oxygen atoms in total. The van der Waals surface area contributed by atoms with Crippen LogP contribution in [0.15, 0.2) is 42.2 Å². The zero-order valence-corrected chi connectivity index (χ0v) is 15.8. The van der Waals surface area contributed by atoms with Gasteiger partial charge in [0.2, 0.25) is 0 Å². The molecule has 1 unspecified atom stereocenters. The molecule has 1 atom stereocenters. The number of ketones is 1. The molecule has 0 aliphatic heterocycles. The summed E-state index contributed by atoms with van der Waals surface area (Å²) < 4.78 is 0. The van der Waals surface area contributed by atoms with Crippen molar-refractivity contribution in [2.45, 2.75) is 24.7 Å². The first-order chi connectivity index (χ1) is 12.8. The van der Waals surface area contributed by atoms with Crippen LogP contribution in [0, 0.1) is 0 Å². The van der Waals surface area contributed by atoms with Crippen LogP contribution in [0.3, 0.4) is 0 Å². The summed E-state index contributed by atoms with van der Waals surface area (Å²) in [6.07, 6.45) is 2.76. The quantitative estimate of drug-likeness (QED) is 0.456. The Morgan fingerprint density at radius 3 is 2.63 bits per heavy atom. The number of hydrogen-bond donors (Lipinski definition) is 4. The summed E-state index contributed by atoms with van der Waals surface area (Å²) >= 11 is 1.04. The molecule has 0 fully saturated rings. The zero-order chi connectivity index (χ0) is 19.8. The van der Waals surface area contributed by atoms with Crippen LogP contribution in [0.2, 0.25) is 0 Å². The molecular formula is C19H22N4O3S. The smallest absolute Gasteiger partial charge is 0.338 e. The lowest BCUT2D eigenvalue weighted by atomic mass is 9.66. The number of carboxylic acid groups (broad SMARTS) is 1. The van der Waals surface area contributed by atoms with Gasteiger partial charge in [-0.1, -0.05) is 30.3 Å². The van der Waals surface area contributed by atoms with E-state index in [1.165, 1.54) is 5.01 Å². The van der Waals surface area contributed by atoms with Crippen LogP contribution < -0.4 is 17.3 Å². The summed E-state index contributed by atoms with van der Waals surface area (Å²) in [6, 6.07) is 9.43. The fraction of sp³-hybridized carbons (Fsp3) is 0.263. The van der Waals surface area contributed by atoms with Crippen LogP contribution in [0.25, 0.3) is 0 Å². The number of carbonyl (C=O) groups is 2. The van der Waals surface area contributed by atoms with Gasteiger partial charge < -0.3 is 21.6 Å². The largest absolute Gasteiger partial charge is 0.478 e. The number of nitrogen functional groups attached to an aromatic ring is 1. The third-order valence-electron chi connectivity index (χ3n) is 4.89. The highest BCUT2D eigenvalue weighted by Crippen LogP contribution is 2.47. The Morgan fingerprint density at radius 1 is 1.37 bits per heavy atom. The second-order valence-corrected chi connectivity index (χ2v) is 7.83. The van der Waals surface area contributed by atoms with E-state index in [0.717, 1.165) is 16.9 Å². The Balaban J connectivity index is 2.14. The number of nitrogens with zero attached hydrogens (tertiary/aromatic N) is 1. The number of carboxylic acids is 1. The number of rotatable bonds is 5. The number of hydrogen-bond acceptors (Lipinski definition) is 7. The van der Waals surface area contributed by atoms with Crippen LogP contribution in [0.1, 0.15) is 44.0 Å². The van der Waals surface area contributed by atoms with Gasteiger partial charge >= 0.3 is 5.97 Å². The van der Waals surface area contributed by atoms with Gasteiger partial charge in [-0.2, -0.15) is 0 Å². The van der Waals surface area contributed by atoms with Crippen molar-refractivity contribution in [1.82, 2.24) is 5.01 Å². The third-order valence-corrected chi connectivity index (χ3v) is 5.95. The fourth-order valence-corrected chi connectivity index (χ4v) is 4.92. The molecule has 1 aliphatic rings. The van der Waals surface area contributed by atoms with Gasteiger partial charge in [0.05, 0.1) is 15.9 Å². The Hall–Kier alpha value is -2.84. The van der Waals surface area contributed by atoms with E-state index in [4.69, 9.17) is 17.3 Å². The lowest BCUT2D eigenvalue weighted by molar-refractivity contribution is 0.0697. The van der Waals surface area contributed by atoms with Crippen LogP contribution in [0.5, 0.6) is 0 Å². The molecule has 0 bridgehead atoms. The number of allylic oxidation sites excluding steroid dienone is 1. The molecule has 1 aromatic heterocycles. The first-order valence-electron chi connectivity index (χ1n) is 8.44. The number of thiophene rings is 1. The molecule has 2 aromatic rings. The van der Waals surface area contributed by atoms with Gasteiger partial charge in [-0.05, 0) is 24.0 Å². The molecule has 0 amide bonds. The number of Topliss-reactive ketones (excluding diaryl/α,β-unsaturated/α-hetero) is 1. The van der Waals surface area contributed by atoms with Crippen LogP contribution in [0.4, 0.5) is 5.00 Å². The Kier molecular flexibility index (Phi) is 4.95. The van der Waals surface area contributed by atoms with E-state index in [-0.39, 0.29) is 22.8 Å². The van der Waals surface area contributed by atoms with Crippen molar-refractivity contribution < 1.29 is 14.7 Å². The molecule has 27 heavy (non-hydrogen) atoms. The molecule has 8 heteroatoms.